The van der Waals surface area contributed by atoms with E-state index in [1.165, 1.54) is 11.1 Å². The lowest BCUT2D eigenvalue weighted by Gasteiger charge is -2.40. The fourth-order valence-corrected chi connectivity index (χ4v) is 4.06. The van der Waals surface area contributed by atoms with Crippen LogP contribution in [0.4, 0.5) is 0 Å². The molecular formula is C22H26ClNO. The van der Waals surface area contributed by atoms with Crippen LogP contribution in [-0.4, -0.2) is 19.3 Å². The molecular weight excluding hydrogens is 330 g/mol. The molecule has 2 aromatic rings. The van der Waals surface area contributed by atoms with Gasteiger partial charge in [0.1, 0.15) is 0 Å². The smallest absolute Gasteiger partial charge is 0.0654 e. The minimum Gasteiger partial charge on any atom is -0.374 e. The second kappa shape index (κ2) is 8.66. The number of rotatable bonds is 6. The highest BCUT2D eigenvalue weighted by Gasteiger charge is 2.37. The van der Waals surface area contributed by atoms with Crippen molar-refractivity contribution in [2.75, 3.05) is 13.2 Å². The normalized spacial score (nSPS) is 23.8. The molecule has 0 aliphatic heterocycles. The van der Waals surface area contributed by atoms with Crippen LogP contribution in [0.2, 0.25) is 5.02 Å². The van der Waals surface area contributed by atoms with Crippen LogP contribution < -0.4 is 5.73 Å². The molecule has 132 valence electrons. The first kappa shape index (κ1) is 18.2. The first-order valence-electron chi connectivity index (χ1n) is 9.02. The lowest BCUT2D eigenvalue weighted by atomic mass is 9.68. The van der Waals surface area contributed by atoms with Gasteiger partial charge in [-0.25, -0.2) is 0 Å². The summed E-state index contributed by atoms with van der Waals surface area (Å²) in [5.41, 5.74) is 8.56. The zero-order valence-corrected chi connectivity index (χ0v) is 15.3. The number of nitrogens with two attached hydrogens (primary N) is 1. The summed E-state index contributed by atoms with van der Waals surface area (Å²) >= 11 is 6.43. The molecule has 0 heterocycles. The molecule has 0 aromatic heterocycles. The Balaban J connectivity index is 1.53. The van der Waals surface area contributed by atoms with E-state index >= 15 is 0 Å². The van der Waals surface area contributed by atoms with Crippen LogP contribution in [0.15, 0.2) is 60.7 Å². The maximum atomic E-state index is 6.43. The molecule has 0 saturated heterocycles. The van der Waals surface area contributed by atoms with Crippen molar-refractivity contribution < 1.29 is 4.74 Å². The molecule has 1 fully saturated rings. The van der Waals surface area contributed by atoms with E-state index in [4.69, 9.17) is 22.1 Å². The van der Waals surface area contributed by atoms with Crippen molar-refractivity contribution in [2.45, 2.75) is 37.2 Å². The number of halogens is 1. The standard InChI is InChI=1S/C22H26ClNO/c23-21-11-5-4-10-20(21)22(17-24)14-12-19(13-15-22)25-16-6-9-18-7-2-1-3-8-18/h1-11,19H,12-17,24H2/b9-6+/t19-,22-. The van der Waals surface area contributed by atoms with Crippen LogP contribution in [0.25, 0.3) is 6.08 Å². The van der Waals surface area contributed by atoms with Gasteiger partial charge in [0, 0.05) is 17.0 Å². The van der Waals surface area contributed by atoms with Crippen molar-refractivity contribution in [3.8, 4) is 0 Å². The first-order valence-corrected chi connectivity index (χ1v) is 9.40. The van der Waals surface area contributed by atoms with Gasteiger partial charge in [0.05, 0.1) is 12.7 Å². The Hall–Kier alpha value is -1.61. The summed E-state index contributed by atoms with van der Waals surface area (Å²) < 4.78 is 6.05. The van der Waals surface area contributed by atoms with Crippen molar-refractivity contribution in [2.24, 2.45) is 5.73 Å². The summed E-state index contributed by atoms with van der Waals surface area (Å²) in [4.78, 5) is 0. The first-order chi connectivity index (χ1) is 12.2. The van der Waals surface area contributed by atoms with Gasteiger partial charge in [-0.1, -0.05) is 72.3 Å². The van der Waals surface area contributed by atoms with Crippen LogP contribution in [-0.2, 0) is 10.2 Å². The van der Waals surface area contributed by atoms with Crippen LogP contribution >= 0.6 is 11.6 Å². The Morgan fingerprint density at radius 1 is 1.04 bits per heavy atom. The molecule has 25 heavy (non-hydrogen) atoms. The second-order valence-corrected chi connectivity index (χ2v) is 7.22. The van der Waals surface area contributed by atoms with Crippen molar-refractivity contribution in [1.82, 2.24) is 0 Å². The van der Waals surface area contributed by atoms with E-state index in [-0.39, 0.29) is 5.41 Å². The molecule has 0 radical (unpaired) electrons. The maximum absolute atomic E-state index is 6.43. The molecule has 0 amide bonds. The third kappa shape index (κ3) is 4.52. The average Bonchev–Trinajstić information content (AvgIpc) is 2.67. The van der Waals surface area contributed by atoms with Gasteiger partial charge in [0.2, 0.25) is 0 Å². The summed E-state index contributed by atoms with van der Waals surface area (Å²) in [7, 11) is 0. The Morgan fingerprint density at radius 2 is 1.72 bits per heavy atom. The Morgan fingerprint density at radius 3 is 2.40 bits per heavy atom. The molecule has 2 aromatic carbocycles. The third-order valence-electron chi connectivity index (χ3n) is 5.26. The van der Waals surface area contributed by atoms with Gasteiger partial charge < -0.3 is 10.5 Å². The van der Waals surface area contributed by atoms with Gasteiger partial charge in [-0.3, -0.25) is 0 Å². The summed E-state index contributed by atoms with van der Waals surface area (Å²) in [5.74, 6) is 0. The van der Waals surface area contributed by atoms with Gasteiger partial charge in [0.15, 0.2) is 0 Å². The number of benzene rings is 2. The summed E-state index contributed by atoms with van der Waals surface area (Å²) in [6.45, 7) is 1.29. The van der Waals surface area contributed by atoms with Gasteiger partial charge in [-0.05, 0) is 42.9 Å². The van der Waals surface area contributed by atoms with E-state index in [9.17, 15) is 0 Å². The number of hydrogen-bond acceptors (Lipinski definition) is 2. The maximum Gasteiger partial charge on any atom is 0.0654 e. The highest BCUT2D eigenvalue weighted by Crippen LogP contribution is 2.42. The SMILES string of the molecule is NC[C@]1(c2ccccc2Cl)CC[C@H](OC/C=C/c2ccccc2)CC1. The highest BCUT2D eigenvalue weighted by molar-refractivity contribution is 6.31. The molecule has 3 rings (SSSR count). The lowest BCUT2D eigenvalue weighted by Crippen LogP contribution is -2.41. The van der Waals surface area contributed by atoms with E-state index in [1.807, 2.05) is 30.3 Å². The summed E-state index contributed by atoms with van der Waals surface area (Å²) in [5, 5.41) is 0.832. The lowest BCUT2D eigenvalue weighted by molar-refractivity contribution is 0.0290. The summed E-state index contributed by atoms with van der Waals surface area (Å²) in [6, 6.07) is 18.4. The molecule has 0 bridgehead atoms. The van der Waals surface area contributed by atoms with E-state index in [1.54, 1.807) is 0 Å². The molecule has 2 nitrogen and oxygen atoms in total. The molecule has 3 heteroatoms. The fourth-order valence-electron chi connectivity index (χ4n) is 3.73. The minimum absolute atomic E-state index is 0.00190. The number of hydrogen-bond donors (Lipinski definition) is 1. The van der Waals surface area contributed by atoms with Gasteiger partial charge in [-0.2, -0.15) is 0 Å². The van der Waals surface area contributed by atoms with Gasteiger partial charge in [-0.15, -0.1) is 0 Å². The van der Waals surface area contributed by atoms with Gasteiger partial charge in [0.25, 0.3) is 0 Å². The number of ether oxygens (including phenoxy) is 1. The minimum atomic E-state index is -0.00190. The molecule has 0 atom stereocenters. The van der Waals surface area contributed by atoms with Crippen LogP contribution in [0.3, 0.4) is 0 Å². The average molecular weight is 356 g/mol. The molecule has 0 spiro atoms. The van der Waals surface area contributed by atoms with E-state index < -0.39 is 0 Å². The molecule has 1 saturated carbocycles. The Labute approximate surface area is 155 Å². The van der Waals surface area contributed by atoms with Crippen molar-refractivity contribution in [3.05, 3.63) is 76.8 Å². The Kier molecular flexibility index (Phi) is 6.30. The van der Waals surface area contributed by atoms with Crippen molar-refractivity contribution in [1.29, 1.82) is 0 Å². The topological polar surface area (TPSA) is 35.2 Å². The van der Waals surface area contributed by atoms with Crippen molar-refractivity contribution in [3.63, 3.8) is 0 Å². The zero-order valence-electron chi connectivity index (χ0n) is 14.5. The molecule has 0 unspecified atom stereocenters. The van der Waals surface area contributed by atoms with Crippen LogP contribution in [0.1, 0.15) is 36.8 Å². The van der Waals surface area contributed by atoms with Crippen LogP contribution in [0.5, 0.6) is 0 Å². The van der Waals surface area contributed by atoms with E-state index in [0.717, 1.165) is 30.7 Å². The fraction of sp³-hybridized carbons (Fsp3) is 0.364. The molecule has 1 aliphatic rings. The predicted octanol–water partition coefficient (Wildman–Crippen LogP) is 5.21. The monoisotopic (exact) mass is 355 g/mol. The second-order valence-electron chi connectivity index (χ2n) is 6.81. The third-order valence-corrected chi connectivity index (χ3v) is 5.59. The highest BCUT2D eigenvalue weighted by atomic mass is 35.5. The summed E-state index contributed by atoms with van der Waals surface area (Å²) in [6.07, 6.45) is 8.62. The van der Waals surface area contributed by atoms with Crippen molar-refractivity contribution >= 4 is 17.7 Å². The molecule has 1 aliphatic carbocycles. The van der Waals surface area contributed by atoms with Crippen LogP contribution in [0, 0.1) is 0 Å². The zero-order chi connectivity index (χ0) is 17.5. The Bertz CT molecular complexity index is 690. The van der Waals surface area contributed by atoms with E-state index in [0.29, 0.717) is 19.3 Å². The predicted molar refractivity (Wildman–Crippen MR) is 106 cm³/mol. The largest absolute Gasteiger partial charge is 0.374 e. The quantitative estimate of drug-likeness (QED) is 0.772. The molecule has 2 N–H and O–H groups in total. The van der Waals surface area contributed by atoms with E-state index in [2.05, 4.69) is 36.4 Å². The van der Waals surface area contributed by atoms with Gasteiger partial charge >= 0.3 is 0 Å².